The van der Waals surface area contributed by atoms with E-state index in [0.717, 1.165) is 12.0 Å². The molecule has 1 atom stereocenters. The summed E-state index contributed by atoms with van der Waals surface area (Å²) in [5.41, 5.74) is 1.61. The number of benzene rings is 1. The Morgan fingerprint density at radius 1 is 1.55 bits per heavy atom. The van der Waals surface area contributed by atoms with E-state index in [1.54, 1.807) is 23.0 Å². The number of halogens is 2. The molecule has 0 aliphatic rings. The Morgan fingerprint density at radius 2 is 2.30 bits per heavy atom. The van der Waals surface area contributed by atoms with Crippen LogP contribution in [0.5, 0.6) is 0 Å². The minimum absolute atomic E-state index is 0.0781. The minimum atomic E-state index is -0.388. The van der Waals surface area contributed by atoms with Crippen LogP contribution in [-0.2, 0) is 6.54 Å². The van der Waals surface area contributed by atoms with Gasteiger partial charge < -0.3 is 0 Å². The Bertz CT molecular complexity index is 630. The van der Waals surface area contributed by atoms with Crippen molar-refractivity contribution in [3.8, 4) is 0 Å². The lowest BCUT2D eigenvalue weighted by molar-refractivity contribution is -0.385. The van der Waals surface area contributed by atoms with E-state index in [1.165, 1.54) is 6.07 Å². The van der Waals surface area contributed by atoms with Crippen molar-refractivity contribution in [2.45, 2.75) is 25.3 Å². The van der Waals surface area contributed by atoms with Crippen molar-refractivity contribution in [3.63, 3.8) is 0 Å². The molecule has 0 fully saturated rings. The number of alkyl halides is 1. The number of aromatic nitrogens is 2. The third-order valence-corrected chi connectivity index (χ3v) is 4.00. The highest BCUT2D eigenvalue weighted by Gasteiger charge is 2.15. The van der Waals surface area contributed by atoms with Crippen LogP contribution in [0.4, 0.5) is 5.69 Å². The van der Waals surface area contributed by atoms with Gasteiger partial charge in [-0.1, -0.05) is 22.9 Å². The normalized spacial score (nSPS) is 12.3. The van der Waals surface area contributed by atoms with Crippen molar-refractivity contribution < 1.29 is 4.92 Å². The summed E-state index contributed by atoms with van der Waals surface area (Å²) in [6, 6.07) is 5.00. The van der Waals surface area contributed by atoms with Gasteiger partial charge >= 0.3 is 0 Å². The van der Waals surface area contributed by atoms with Crippen LogP contribution in [0.15, 0.2) is 35.1 Å². The number of rotatable bonds is 5. The molecule has 2 rings (SSSR count). The van der Waals surface area contributed by atoms with Crippen LogP contribution in [0.1, 0.15) is 29.8 Å². The Balaban J connectivity index is 2.26. The van der Waals surface area contributed by atoms with Crippen molar-refractivity contribution in [3.05, 3.63) is 56.3 Å². The first-order valence-electron chi connectivity index (χ1n) is 6.10. The fraction of sp³-hybridized carbons (Fsp3) is 0.308. The van der Waals surface area contributed by atoms with Gasteiger partial charge in [-0.2, -0.15) is 5.10 Å². The second-order valence-electron chi connectivity index (χ2n) is 4.38. The van der Waals surface area contributed by atoms with E-state index >= 15 is 0 Å². The van der Waals surface area contributed by atoms with Gasteiger partial charge in [0.05, 0.1) is 28.6 Å². The molecule has 0 saturated carbocycles. The van der Waals surface area contributed by atoms with Crippen LogP contribution in [0.2, 0.25) is 0 Å². The molecule has 0 amide bonds. The molecular weight excluding hydrogens is 346 g/mol. The zero-order valence-corrected chi connectivity index (χ0v) is 13.1. The fourth-order valence-corrected chi connectivity index (χ4v) is 2.34. The Morgan fingerprint density at radius 3 is 2.95 bits per heavy atom. The molecule has 0 radical (unpaired) electrons. The summed E-state index contributed by atoms with van der Waals surface area (Å²) in [7, 11) is 0. The van der Waals surface area contributed by atoms with Crippen molar-refractivity contribution in [2.24, 2.45) is 0 Å². The molecule has 1 aromatic heterocycles. The van der Waals surface area contributed by atoms with Gasteiger partial charge in [0.15, 0.2) is 0 Å². The molecule has 0 bridgehead atoms. The molecule has 0 saturated heterocycles. The topological polar surface area (TPSA) is 61.0 Å². The molecule has 20 heavy (non-hydrogen) atoms. The molecule has 2 aromatic rings. The maximum atomic E-state index is 11.1. The Hall–Kier alpha value is -1.40. The summed E-state index contributed by atoms with van der Waals surface area (Å²) < 4.78 is 2.34. The highest BCUT2D eigenvalue weighted by molar-refractivity contribution is 9.10. The van der Waals surface area contributed by atoms with Gasteiger partial charge in [0.1, 0.15) is 0 Å². The lowest BCUT2D eigenvalue weighted by Crippen LogP contribution is -2.03. The van der Waals surface area contributed by atoms with E-state index in [9.17, 15) is 10.1 Å². The number of nitro groups is 1. The van der Waals surface area contributed by atoms with Gasteiger partial charge in [-0.25, -0.2) is 0 Å². The van der Waals surface area contributed by atoms with Crippen LogP contribution < -0.4 is 0 Å². The first-order chi connectivity index (χ1) is 9.51. The van der Waals surface area contributed by atoms with E-state index < -0.39 is 0 Å². The lowest BCUT2D eigenvalue weighted by Gasteiger charge is -2.04. The van der Waals surface area contributed by atoms with Gasteiger partial charge in [0, 0.05) is 22.3 Å². The Labute approximate surface area is 129 Å². The minimum Gasteiger partial charge on any atom is -0.268 e. The summed E-state index contributed by atoms with van der Waals surface area (Å²) in [5, 5.41) is 15.2. The molecule has 0 aliphatic carbocycles. The van der Waals surface area contributed by atoms with Gasteiger partial charge in [0.25, 0.3) is 5.69 Å². The van der Waals surface area contributed by atoms with Gasteiger partial charge in [-0.3, -0.25) is 14.8 Å². The van der Waals surface area contributed by atoms with Gasteiger partial charge in [-0.05, 0) is 18.6 Å². The monoisotopic (exact) mass is 357 g/mol. The summed E-state index contributed by atoms with van der Waals surface area (Å²) in [6.07, 6.45) is 4.34. The molecule has 1 aromatic carbocycles. The van der Waals surface area contributed by atoms with Gasteiger partial charge in [-0.15, -0.1) is 11.6 Å². The van der Waals surface area contributed by atoms with E-state index in [4.69, 9.17) is 11.6 Å². The first kappa shape index (κ1) is 15.0. The fourth-order valence-electron chi connectivity index (χ4n) is 1.88. The molecule has 1 heterocycles. The summed E-state index contributed by atoms with van der Waals surface area (Å²) >= 11 is 9.38. The second kappa shape index (κ2) is 6.37. The smallest absolute Gasteiger partial charge is 0.268 e. The average molecular weight is 359 g/mol. The first-order valence-corrected chi connectivity index (χ1v) is 7.33. The predicted octanol–water partition coefficient (Wildman–Crippen LogP) is 4.29. The second-order valence-corrected chi connectivity index (χ2v) is 5.82. The standard InChI is InChI=1S/C13H13BrClN3O2/c1-2-12(15)10-6-16-17(8-10)7-9-3-4-11(14)5-13(9)18(19)20/h3-6,8,12H,2,7H2,1H3. The van der Waals surface area contributed by atoms with E-state index in [2.05, 4.69) is 21.0 Å². The number of nitro benzene ring substituents is 1. The largest absolute Gasteiger partial charge is 0.275 e. The van der Waals surface area contributed by atoms with Crippen LogP contribution in [-0.4, -0.2) is 14.7 Å². The van der Waals surface area contributed by atoms with Crippen LogP contribution in [0.25, 0.3) is 0 Å². The van der Waals surface area contributed by atoms with E-state index in [-0.39, 0.29) is 16.0 Å². The maximum Gasteiger partial charge on any atom is 0.275 e. The Kier molecular flexibility index (Phi) is 4.77. The van der Waals surface area contributed by atoms with E-state index in [0.29, 0.717) is 16.6 Å². The highest BCUT2D eigenvalue weighted by Crippen LogP contribution is 2.26. The van der Waals surface area contributed by atoms with Crippen molar-refractivity contribution in [1.29, 1.82) is 0 Å². The molecule has 0 N–H and O–H groups in total. The molecule has 0 spiro atoms. The van der Waals surface area contributed by atoms with Gasteiger partial charge in [0.2, 0.25) is 0 Å². The van der Waals surface area contributed by atoms with Crippen LogP contribution in [0, 0.1) is 10.1 Å². The molecule has 0 aliphatic heterocycles. The van der Waals surface area contributed by atoms with Crippen molar-refractivity contribution in [1.82, 2.24) is 9.78 Å². The molecule has 7 heteroatoms. The number of nitrogens with zero attached hydrogens (tertiary/aromatic N) is 3. The quantitative estimate of drug-likeness (QED) is 0.455. The number of hydrogen-bond donors (Lipinski definition) is 0. The molecular formula is C13H13BrClN3O2. The SMILES string of the molecule is CCC(Cl)c1cnn(Cc2ccc(Br)cc2[N+](=O)[O-])c1. The molecule has 1 unspecified atom stereocenters. The third-order valence-electron chi connectivity index (χ3n) is 2.95. The number of hydrogen-bond acceptors (Lipinski definition) is 3. The summed E-state index contributed by atoms with van der Waals surface area (Å²) in [6.45, 7) is 2.34. The lowest BCUT2D eigenvalue weighted by atomic mass is 10.2. The van der Waals surface area contributed by atoms with Crippen LogP contribution >= 0.6 is 27.5 Å². The molecule has 106 valence electrons. The van der Waals surface area contributed by atoms with Crippen molar-refractivity contribution in [2.75, 3.05) is 0 Å². The van der Waals surface area contributed by atoms with Crippen molar-refractivity contribution >= 4 is 33.2 Å². The average Bonchev–Trinajstić information content (AvgIpc) is 2.88. The van der Waals surface area contributed by atoms with Crippen LogP contribution in [0.3, 0.4) is 0 Å². The summed E-state index contributed by atoms with van der Waals surface area (Å²) in [5.74, 6) is 0. The zero-order chi connectivity index (χ0) is 14.7. The highest BCUT2D eigenvalue weighted by atomic mass is 79.9. The predicted molar refractivity (Wildman–Crippen MR) is 81.0 cm³/mol. The molecule has 5 nitrogen and oxygen atoms in total. The summed E-state index contributed by atoms with van der Waals surface area (Å²) in [4.78, 5) is 10.7. The van der Waals surface area contributed by atoms with E-state index in [1.807, 2.05) is 13.1 Å². The maximum absolute atomic E-state index is 11.1. The third kappa shape index (κ3) is 3.37. The zero-order valence-electron chi connectivity index (χ0n) is 10.8.